The van der Waals surface area contributed by atoms with Crippen LogP contribution in [0.5, 0.6) is 0 Å². The van der Waals surface area contributed by atoms with E-state index in [0.29, 0.717) is 5.06 Å². The molecule has 0 saturated carbocycles. The lowest BCUT2D eigenvalue weighted by Crippen LogP contribution is -2.49. The Hall–Kier alpha value is -2.97. The first-order valence-corrected chi connectivity index (χ1v) is 9.75. The number of hydroxylamine groups is 2. The van der Waals surface area contributed by atoms with Gasteiger partial charge in [-0.2, -0.15) is 5.06 Å². The largest absolute Gasteiger partial charge is 0.468 e. The van der Waals surface area contributed by atoms with Crippen molar-refractivity contribution in [3.05, 3.63) is 0 Å². The van der Waals surface area contributed by atoms with Crippen LogP contribution in [0, 0.1) is 0 Å². The van der Waals surface area contributed by atoms with Gasteiger partial charge in [0, 0.05) is 12.8 Å². The molecule has 2 atom stereocenters. The Bertz CT molecular complexity index is 708. The van der Waals surface area contributed by atoms with Crippen LogP contribution in [0.3, 0.4) is 0 Å². The average molecular weight is 462 g/mol. The van der Waals surface area contributed by atoms with E-state index in [2.05, 4.69) is 15.4 Å². The summed E-state index contributed by atoms with van der Waals surface area (Å²) in [5.74, 6) is -2.84. The first-order chi connectivity index (χ1) is 14.8. The van der Waals surface area contributed by atoms with E-state index in [-0.39, 0.29) is 12.8 Å². The van der Waals surface area contributed by atoms with Crippen LogP contribution in [0.25, 0.3) is 0 Å². The van der Waals surface area contributed by atoms with Crippen molar-refractivity contribution in [2.45, 2.75) is 51.7 Å². The summed E-state index contributed by atoms with van der Waals surface area (Å²) in [6, 6.07) is 0. The van der Waals surface area contributed by atoms with Crippen LogP contribution in [-0.2, 0) is 33.5 Å². The number of carbonyl (C=O) groups excluding carboxylic acids is 5. The summed E-state index contributed by atoms with van der Waals surface area (Å²) in [5, 5.41) is 24.8. The maximum Gasteiger partial charge on any atom is 0.408 e. The van der Waals surface area contributed by atoms with Crippen molar-refractivity contribution in [2.75, 3.05) is 33.3 Å². The number of methoxy groups -OCH3 is 1. The molecule has 1 rings (SSSR count). The van der Waals surface area contributed by atoms with E-state index in [1.54, 1.807) is 20.8 Å². The summed E-state index contributed by atoms with van der Waals surface area (Å²) in [6.45, 7) is 2.80. The normalized spacial score (nSPS) is 16.9. The topological polar surface area (TPSA) is 184 Å². The van der Waals surface area contributed by atoms with Gasteiger partial charge in [0.2, 0.25) is 17.7 Å². The molecule has 1 aliphatic heterocycles. The summed E-state index contributed by atoms with van der Waals surface area (Å²) >= 11 is 0. The molecule has 14 nitrogen and oxygen atoms in total. The van der Waals surface area contributed by atoms with E-state index >= 15 is 0 Å². The zero-order valence-electron chi connectivity index (χ0n) is 18.5. The molecule has 4 N–H and O–H groups in total. The highest BCUT2D eigenvalue weighted by Crippen LogP contribution is 2.17. The van der Waals surface area contributed by atoms with Crippen molar-refractivity contribution in [1.82, 2.24) is 20.6 Å². The SMILES string of the molecule is COC(=O)CN(C[C@@H](O)ON1C(=O)CC[C@@H]1O)C(=O)CNC(=O)CNC(=O)OC(C)(C)C. The van der Waals surface area contributed by atoms with Crippen LogP contribution < -0.4 is 10.6 Å². The standard InChI is InChI=1S/C18H30N4O10/c1-18(2,3)31-17(29)20-7-11(23)19-8-14(26)21(9-15(27)30-4)10-16(28)32-22-12(24)5-6-13(22)25/h12,16,24,28H,5-10H2,1-4H3,(H,19,23)(H,20,29)/t12-,16-/m0/s1. The Kier molecular flexibility index (Phi) is 10.3. The van der Waals surface area contributed by atoms with Crippen molar-refractivity contribution >= 4 is 29.8 Å². The maximum absolute atomic E-state index is 12.4. The Balaban J connectivity index is 2.57. The highest BCUT2D eigenvalue weighted by Gasteiger charge is 2.33. The Labute approximate surface area is 184 Å². The molecule has 4 amide bonds. The second-order valence-electron chi connectivity index (χ2n) is 7.78. The van der Waals surface area contributed by atoms with Gasteiger partial charge in [0.25, 0.3) is 0 Å². The summed E-state index contributed by atoms with van der Waals surface area (Å²) in [4.78, 5) is 64.8. The fourth-order valence-corrected chi connectivity index (χ4v) is 2.42. The van der Waals surface area contributed by atoms with Crippen LogP contribution in [0.2, 0.25) is 0 Å². The molecular formula is C18H30N4O10. The zero-order valence-corrected chi connectivity index (χ0v) is 18.5. The molecule has 0 bridgehead atoms. The van der Waals surface area contributed by atoms with Crippen molar-refractivity contribution in [3.8, 4) is 0 Å². The monoisotopic (exact) mass is 462 g/mol. The van der Waals surface area contributed by atoms with Crippen molar-refractivity contribution < 1.29 is 48.5 Å². The minimum Gasteiger partial charge on any atom is -0.468 e. The van der Waals surface area contributed by atoms with Crippen LogP contribution >= 0.6 is 0 Å². The Morgan fingerprint density at radius 2 is 1.88 bits per heavy atom. The molecule has 32 heavy (non-hydrogen) atoms. The summed E-state index contributed by atoms with van der Waals surface area (Å²) in [5.41, 5.74) is -0.746. The minimum atomic E-state index is -1.75. The fraction of sp³-hybridized carbons (Fsp3) is 0.722. The van der Waals surface area contributed by atoms with Gasteiger partial charge < -0.3 is 35.2 Å². The number of amides is 4. The molecule has 0 spiro atoms. The van der Waals surface area contributed by atoms with Crippen molar-refractivity contribution in [2.24, 2.45) is 0 Å². The number of aliphatic hydroxyl groups is 2. The number of alkyl carbamates (subject to hydrolysis) is 1. The molecular weight excluding hydrogens is 432 g/mol. The van der Waals surface area contributed by atoms with Gasteiger partial charge in [-0.1, -0.05) is 0 Å². The number of esters is 1. The Morgan fingerprint density at radius 3 is 2.41 bits per heavy atom. The average Bonchev–Trinajstić information content (AvgIpc) is 3.00. The highest BCUT2D eigenvalue weighted by atomic mass is 16.8. The molecule has 0 aromatic carbocycles. The second-order valence-corrected chi connectivity index (χ2v) is 7.78. The van der Waals surface area contributed by atoms with E-state index < -0.39 is 74.1 Å². The predicted octanol–water partition coefficient (Wildman–Crippen LogP) is -2.18. The zero-order chi connectivity index (χ0) is 24.5. The van der Waals surface area contributed by atoms with E-state index in [0.717, 1.165) is 12.0 Å². The molecule has 0 aromatic heterocycles. The van der Waals surface area contributed by atoms with Gasteiger partial charge in [0.15, 0.2) is 12.5 Å². The van der Waals surface area contributed by atoms with Crippen LogP contribution in [0.1, 0.15) is 33.6 Å². The maximum atomic E-state index is 12.4. The molecule has 0 radical (unpaired) electrons. The number of nitrogens with zero attached hydrogens (tertiary/aromatic N) is 2. The first-order valence-electron chi connectivity index (χ1n) is 9.75. The number of hydrogen-bond donors (Lipinski definition) is 4. The molecule has 1 fully saturated rings. The van der Waals surface area contributed by atoms with Gasteiger partial charge in [0.1, 0.15) is 18.7 Å². The Morgan fingerprint density at radius 1 is 1.22 bits per heavy atom. The molecule has 1 saturated heterocycles. The molecule has 0 aliphatic carbocycles. The number of hydrogen-bond acceptors (Lipinski definition) is 10. The second kappa shape index (κ2) is 12.2. The van der Waals surface area contributed by atoms with Gasteiger partial charge in [-0.05, 0) is 20.8 Å². The van der Waals surface area contributed by atoms with Gasteiger partial charge in [-0.25, -0.2) is 9.63 Å². The van der Waals surface area contributed by atoms with Gasteiger partial charge in [0.05, 0.1) is 20.2 Å². The highest BCUT2D eigenvalue weighted by molar-refractivity contribution is 5.88. The third-order valence-corrected chi connectivity index (χ3v) is 3.87. The van der Waals surface area contributed by atoms with Crippen molar-refractivity contribution in [1.29, 1.82) is 0 Å². The van der Waals surface area contributed by atoms with Crippen LogP contribution in [0.15, 0.2) is 0 Å². The van der Waals surface area contributed by atoms with E-state index in [4.69, 9.17) is 9.57 Å². The number of ether oxygens (including phenoxy) is 2. The molecule has 0 aromatic rings. The number of carbonyl (C=O) groups is 5. The van der Waals surface area contributed by atoms with E-state index in [1.807, 2.05) is 0 Å². The summed E-state index contributed by atoms with van der Waals surface area (Å²) < 4.78 is 9.48. The lowest BCUT2D eigenvalue weighted by atomic mass is 10.2. The fourth-order valence-electron chi connectivity index (χ4n) is 2.42. The van der Waals surface area contributed by atoms with E-state index in [9.17, 15) is 34.2 Å². The smallest absolute Gasteiger partial charge is 0.408 e. The predicted molar refractivity (Wildman–Crippen MR) is 105 cm³/mol. The molecule has 182 valence electrons. The number of aliphatic hydroxyl groups excluding tert-OH is 2. The van der Waals surface area contributed by atoms with Crippen molar-refractivity contribution in [3.63, 3.8) is 0 Å². The van der Waals surface area contributed by atoms with Crippen LogP contribution in [0.4, 0.5) is 4.79 Å². The summed E-state index contributed by atoms with van der Waals surface area (Å²) in [6.07, 6.45) is -3.64. The quantitative estimate of drug-likeness (QED) is 0.206. The van der Waals surface area contributed by atoms with Gasteiger partial charge in [-0.15, -0.1) is 0 Å². The first kappa shape index (κ1) is 27.1. The summed E-state index contributed by atoms with van der Waals surface area (Å²) in [7, 11) is 1.10. The van der Waals surface area contributed by atoms with Gasteiger partial charge in [-0.3, -0.25) is 19.2 Å². The molecule has 1 aliphatic rings. The molecule has 1 heterocycles. The number of nitrogens with one attached hydrogen (secondary N) is 2. The lowest BCUT2D eigenvalue weighted by Gasteiger charge is -2.27. The third-order valence-electron chi connectivity index (χ3n) is 3.87. The number of rotatable bonds is 10. The lowest BCUT2D eigenvalue weighted by molar-refractivity contribution is -0.288. The van der Waals surface area contributed by atoms with E-state index in [1.165, 1.54) is 0 Å². The molecule has 14 heteroatoms. The van der Waals surface area contributed by atoms with Crippen LogP contribution in [-0.4, -0.2) is 101 Å². The minimum absolute atomic E-state index is 0.0298. The molecule has 0 unspecified atom stereocenters. The third kappa shape index (κ3) is 9.89. The van der Waals surface area contributed by atoms with Gasteiger partial charge >= 0.3 is 12.1 Å².